The van der Waals surface area contributed by atoms with Gasteiger partial charge in [0.05, 0.1) is 12.0 Å². The highest BCUT2D eigenvalue weighted by molar-refractivity contribution is 6.14. The van der Waals surface area contributed by atoms with Crippen molar-refractivity contribution >= 4 is 17.5 Å². The predicted molar refractivity (Wildman–Crippen MR) is 86.6 cm³/mol. The van der Waals surface area contributed by atoms with Crippen molar-refractivity contribution in [1.82, 2.24) is 0 Å². The van der Waals surface area contributed by atoms with E-state index in [1.165, 1.54) is 19.1 Å². The molecule has 0 fully saturated rings. The van der Waals surface area contributed by atoms with E-state index in [2.05, 4.69) is 6.58 Å². The highest BCUT2D eigenvalue weighted by atomic mass is 16.5. The number of carbonyl (C=O) groups is 3. The fourth-order valence-corrected chi connectivity index (χ4v) is 1.94. The normalized spacial score (nSPS) is 9.96. The Morgan fingerprint density at radius 1 is 0.913 bits per heavy atom. The Hall–Kier alpha value is -3.01. The van der Waals surface area contributed by atoms with Gasteiger partial charge in [-0.1, -0.05) is 49.0 Å². The molecule has 0 spiro atoms. The van der Waals surface area contributed by atoms with Gasteiger partial charge in [-0.2, -0.15) is 0 Å². The molecule has 116 valence electrons. The number of benzene rings is 2. The Balaban J connectivity index is 2.18. The summed E-state index contributed by atoms with van der Waals surface area (Å²) in [6.45, 7) is 5.02. The fourth-order valence-electron chi connectivity index (χ4n) is 1.94. The third-order valence-corrected chi connectivity index (χ3v) is 3.16. The summed E-state index contributed by atoms with van der Waals surface area (Å²) in [5.41, 5.74) is 0.899. The van der Waals surface area contributed by atoms with E-state index in [4.69, 9.17) is 4.74 Å². The molecule has 4 heteroatoms. The van der Waals surface area contributed by atoms with Crippen molar-refractivity contribution in [2.24, 2.45) is 0 Å². The predicted octanol–water partition coefficient (Wildman–Crippen LogP) is 3.62. The zero-order chi connectivity index (χ0) is 16.8. The Morgan fingerprint density at radius 2 is 1.52 bits per heavy atom. The first-order valence-electron chi connectivity index (χ1n) is 7.07. The standard InChI is InChI=1S/C19H16O4/c1-13(2)19(22)23-18-11-7-6-10-15(18)17(21)12-16(20)14-8-4-3-5-9-14/h3-11H,1,12H2,2H3. The van der Waals surface area contributed by atoms with E-state index in [1.54, 1.807) is 42.5 Å². The molecule has 0 heterocycles. The lowest BCUT2D eigenvalue weighted by molar-refractivity contribution is -0.130. The van der Waals surface area contributed by atoms with Crippen LogP contribution in [0.15, 0.2) is 66.7 Å². The van der Waals surface area contributed by atoms with Crippen LogP contribution in [0.25, 0.3) is 0 Å². The second-order valence-corrected chi connectivity index (χ2v) is 5.06. The van der Waals surface area contributed by atoms with E-state index in [1.807, 2.05) is 0 Å². The molecular formula is C19H16O4. The third-order valence-electron chi connectivity index (χ3n) is 3.16. The van der Waals surface area contributed by atoms with Gasteiger partial charge in [0.15, 0.2) is 11.6 Å². The zero-order valence-electron chi connectivity index (χ0n) is 12.7. The molecule has 23 heavy (non-hydrogen) atoms. The second kappa shape index (κ2) is 7.31. The highest BCUT2D eigenvalue weighted by Crippen LogP contribution is 2.21. The Morgan fingerprint density at radius 3 is 2.17 bits per heavy atom. The van der Waals surface area contributed by atoms with Crippen molar-refractivity contribution in [2.75, 3.05) is 0 Å². The second-order valence-electron chi connectivity index (χ2n) is 5.06. The van der Waals surface area contributed by atoms with Crippen LogP contribution in [0.1, 0.15) is 34.1 Å². The number of ketones is 2. The van der Waals surface area contributed by atoms with Gasteiger partial charge >= 0.3 is 5.97 Å². The van der Waals surface area contributed by atoms with Crippen molar-refractivity contribution in [3.05, 3.63) is 77.9 Å². The van der Waals surface area contributed by atoms with Crippen LogP contribution in [0.2, 0.25) is 0 Å². The molecule has 0 radical (unpaired) electrons. The molecular weight excluding hydrogens is 292 g/mol. The molecule has 0 atom stereocenters. The maximum absolute atomic E-state index is 12.4. The molecule has 0 N–H and O–H groups in total. The van der Waals surface area contributed by atoms with Crippen LogP contribution in [-0.2, 0) is 4.79 Å². The largest absolute Gasteiger partial charge is 0.422 e. The van der Waals surface area contributed by atoms with Crippen molar-refractivity contribution in [2.45, 2.75) is 13.3 Å². The SMILES string of the molecule is C=C(C)C(=O)Oc1ccccc1C(=O)CC(=O)c1ccccc1. The summed E-state index contributed by atoms with van der Waals surface area (Å²) in [5, 5.41) is 0. The minimum atomic E-state index is -0.611. The first-order valence-corrected chi connectivity index (χ1v) is 7.07. The first-order chi connectivity index (χ1) is 11.0. The van der Waals surface area contributed by atoms with E-state index in [0.29, 0.717) is 5.56 Å². The van der Waals surface area contributed by atoms with Gasteiger partial charge in [-0.3, -0.25) is 9.59 Å². The van der Waals surface area contributed by atoms with E-state index >= 15 is 0 Å². The summed E-state index contributed by atoms with van der Waals surface area (Å²) in [6, 6.07) is 14.9. The lowest BCUT2D eigenvalue weighted by Gasteiger charge is -2.09. The summed E-state index contributed by atoms with van der Waals surface area (Å²) < 4.78 is 5.14. The molecule has 0 aliphatic heterocycles. The number of Topliss-reactive ketones (excluding diaryl/α,β-unsaturated/α-hetero) is 2. The Bertz CT molecular complexity index is 760. The molecule has 4 nitrogen and oxygen atoms in total. The zero-order valence-corrected chi connectivity index (χ0v) is 12.7. The van der Waals surface area contributed by atoms with Gasteiger partial charge in [-0.25, -0.2) is 4.79 Å². The van der Waals surface area contributed by atoms with Crippen molar-refractivity contribution in [3.63, 3.8) is 0 Å². The highest BCUT2D eigenvalue weighted by Gasteiger charge is 2.18. The number of hydrogen-bond donors (Lipinski definition) is 0. The van der Waals surface area contributed by atoms with Gasteiger partial charge in [-0.05, 0) is 19.1 Å². The van der Waals surface area contributed by atoms with Crippen molar-refractivity contribution in [3.8, 4) is 5.75 Å². The first kappa shape index (κ1) is 16.4. The molecule has 2 aromatic carbocycles. The molecule has 0 aliphatic rings. The molecule has 0 bridgehead atoms. The topological polar surface area (TPSA) is 60.4 Å². The summed E-state index contributed by atoms with van der Waals surface area (Å²) in [6.07, 6.45) is -0.286. The van der Waals surface area contributed by atoms with Crippen molar-refractivity contribution < 1.29 is 19.1 Å². The third kappa shape index (κ3) is 4.23. The maximum Gasteiger partial charge on any atom is 0.338 e. The minimum Gasteiger partial charge on any atom is -0.422 e. The summed E-state index contributed by atoms with van der Waals surface area (Å²) in [7, 11) is 0. The van der Waals surface area contributed by atoms with Crippen LogP contribution < -0.4 is 4.74 Å². The Labute approximate surface area is 134 Å². The number of rotatable bonds is 6. The van der Waals surface area contributed by atoms with Crippen LogP contribution >= 0.6 is 0 Å². The molecule has 0 amide bonds. The fraction of sp³-hybridized carbons (Fsp3) is 0.105. The van der Waals surface area contributed by atoms with Crippen molar-refractivity contribution in [1.29, 1.82) is 0 Å². The molecule has 2 rings (SSSR count). The summed E-state index contributed by atoms with van der Waals surface area (Å²) >= 11 is 0. The van der Waals surface area contributed by atoms with E-state index in [-0.39, 0.29) is 29.1 Å². The van der Waals surface area contributed by atoms with Gasteiger partial charge < -0.3 is 4.74 Å². The number of carbonyl (C=O) groups excluding carboxylic acids is 3. The minimum absolute atomic E-state index is 0.131. The smallest absolute Gasteiger partial charge is 0.338 e. The molecule has 0 aliphatic carbocycles. The van der Waals surface area contributed by atoms with Gasteiger partial charge in [0.25, 0.3) is 0 Å². The van der Waals surface area contributed by atoms with Gasteiger partial charge in [0.2, 0.25) is 0 Å². The van der Waals surface area contributed by atoms with Crippen LogP contribution in [0.5, 0.6) is 5.75 Å². The average molecular weight is 308 g/mol. The van der Waals surface area contributed by atoms with Gasteiger partial charge in [-0.15, -0.1) is 0 Å². The molecule has 0 aromatic heterocycles. The monoisotopic (exact) mass is 308 g/mol. The number of hydrogen-bond acceptors (Lipinski definition) is 4. The van der Waals surface area contributed by atoms with Crippen LogP contribution in [0.4, 0.5) is 0 Å². The van der Waals surface area contributed by atoms with Crippen LogP contribution in [0, 0.1) is 0 Å². The lowest BCUT2D eigenvalue weighted by Crippen LogP contribution is -2.13. The number of ether oxygens (including phenoxy) is 1. The lowest BCUT2D eigenvalue weighted by atomic mass is 10.0. The van der Waals surface area contributed by atoms with Gasteiger partial charge in [0.1, 0.15) is 5.75 Å². The molecule has 0 unspecified atom stereocenters. The molecule has 0 saturated heterocycles. The molecule has 2 aromatic rings. The average Bonchev–Trinajstić information content (AvgIpc) is 2.55. The number of para-hydroxylation sites is 1. The quantitative estimate of drug-likeness (QED) is 0.269. The molecule has 0 saturated carbocycles. The van der Waals surface area contributed by atoms with E-state index in [0.717, 1.165) is 0 Å². The van der Waals surface area contributed by atoms with Gasteiger partial charge in [0, 0.05) is 11.1 Å². The number of esters is 1. The van der Waals surface area contributed by atoms with Crippen LogP contribution in [0.3, 0.4) is 0 Å². The summed E-state index contributed by atoms with van der Waals surface area (Å²) in [4.78, 5) is 36.1. The van der Waals surface area contributed by atoms with E-state index in [9.17, 15) is 14.4 Å². The van der Waals surface area contributed by atoms with E-state index < -0.39 is 11.8 Å². The Kier molecular flexibility index (Phi) is 5.20. The van der Waals surface area contributed by atoms with Crippen LogP contribution in [-0.4, -0.2) is 17.5 Å². The summed E-state index contributed by atoms with van der Waals surface area (Å²) in [5.74, 6) is -1.16. The maximum atomic E-state index is 12.4.